The molecule has 2 aromatic carbocycles. The molecule has 0 aromatic heterocycles. The highest BCUT2D eigenvalue weighted by molar-refractivity contribution is 6.27. The van der Waals surface area contributed by atoms with Crippen molar-refractivity contribution in [3.8, 4) is 0 Å². The maximum Gasteiger partial charge on any atom is 0.305 e. The summed E-state index contributed by atoms with van der Waals surface area (Å²) in [5.41, 5.74) is 11.3. The fourth-order valence-corrected chi connectivity index (χ4v) is 5.28. The number of carboxylic acids is 1. The van der Waals surface area contributed by atoms with E-state index in [2.05, 4.69) is 16.0 Å². The molecule has 0 radical (unpaired) electrons. The first kappa shape index (κ1) is 34.8. The summed E-state index contributed by atoms with van der Waals surface area (Å²) < 4.78 is 0. The van der Waals surface area contributed by atoms with Crippen molar-refractivity contribution in [2.75, 3.05) is 12.4 Å². The van der Waals surface area contributed by atoms with Crippen LogP contribution >= 0.6 is 11.6 Å². The third-order valence-corrected chi connectivity index (χ3v) is 7.69. The molecule has 3 rings (SSSR count). The number of amides is 6. The van der Waals surface area contributed by atoms with Gasteiger partial charge < -0.3 is 37.4 Å². The first-order valence-electron chi connectivity index (χ1n) is 14.4. The van der Waals surface area contributed by atoms with E-state index < -0.39 is 77.9 Å². The molecule has 8 N–H and O–H groups in total. The minimum absolute atomic E-state index is 0.00219. The molecule has 45 heavy (non-hydrogen) atoms. The van der Waals surface area contributed by atoms with E-state index >= 15 is 0 Å². The number of carbonyl (C=O) groups excluding carboxylic acids is 6. The van der Waals surface area contributed by atoms with E-state index in [0.717, 1.165) is 10.8 Å². The fourth-order valence-electron chi connectivity index (χ4n) is 5.20. The third-order valence-electron chi connectivity index (χ3n) is 7.45. The predicted molar refractivity (Wildman–Crippen MR) is 163 cm³/mol. The van der Waals surface area contributed by atoms with Crippen molar-refractivity contribution in [1.82, 2.24) is 20.9 Å². The van der Waals surface area contributed by atoms with Gasteiger partial charge in [-0.25, -0.2) is 0 Å². The quantitative estimate of drug-likeness (QED) is 0.140. The van der Waals surface area contributed by atoms with E-state index in [0.29, 0.717) is 18.4 Å². The molecule has 0 spiro atoms. The molecular formula is C30H37ClN6O8. The summed E-state index contributed by atoms with van der Waals surface area (Å²) in [6.07, 6.45) is 0.228. The third kappa shape index (κ3) is 10.2. The maximum atomic E-state index is 13.7. The Balaban J connectivity index is 1.88. The Morgan fingerprint density at radius 3 is 2.27 bits per heavy atom. The number of hydrogen-bond acceptors (Lipinski definition) is 7. The average molecular weight is 645 g/mol. The van der Waals surface area contributed by atoms with Gasteiger partial charge in [0.1, 0.15) is 30.0 Å². The van der Waals surface area contributed by atoms with Crippen LogP contribution in [0.25, 0.3) is 10.8 Å². The van der Waals surface area contributed by atoms with Crippen LogP contribution in [0.1, 0.15) is 44.1 Å². The number of likely N-dealkylation sites (tertiary alicyclic amines) is 1. The highest BCUT2D eigenvalue weighted by Gasteiger charge is 2.38. The van der Waals surface area contributed by atoms with Crippen LogP contribution in [-0.4, -0.2) is 88.0 Å². The number of carboxylic acid groups (broad SMARTS) is 1. The smallest absolute Gasteiger partial charge is 0.305 e. The van der Waals surface area contributed by atoms with Gasteiger partial charge in [0.2, 0.25) is 35.4 Å². The number of benzene rings is 2. The van der Waals surface area contributed by atoms with E-state index in [4.69, 9.17) is 23.1 Å². The molecule has 1 saturated heterocycles. The number of carbonyl (C=O) groups is 7. The van der Waals surface area contributed by atoms with Crippen molar-refractivity contribution in [2.24, 2.45) is 11.5 Å². The van der Waals surface area contributed by atoms with Gasteiger partial charge in [0.15, 0.2) is 0 Å². The normalized spacial score (nSPS) is 16.6. The van der Waals surface area contributed by atoms with Gasteiger partial charge in [0.05, 0.1) is 6.42 Å². The largest absolute Gasteiger partial charge is 0.481 e. The number of primary amides is 2. The maximum absolute atomic E-state index is 13.7. The van der Waals surface area contributed by atoms with Crippen molar-refractivity contribution in [3.63, 3.8) is 0 Å². The average Bonchev–Trinajstić information content (AvgIpc) is 3.01. The molecule has 1 heterocycles. The van der Waals surface area contributed by atoms with Crippen LogP contribution < -0.4 is 27.4 Å². The Bertz CT molecular complexity index is 1450. The molecule has 0 bridgehead atoms. The summed E-state index contributed by atoms with van der Waals surface area (Å²) >= 11 is 5.54. The second-order valence-corrected chi connectivity index (χ2v) is 11.1. The lowest BCUT2D eigenvalue weighted by atomic mass is 9.97. The van der Waals surface area contributed by atoms with E-state index in [1.165, 1.54) is 4.90 Å². The van der Waals surface area contributed by atoms with Crippen LogP contribution in [0.2, 0.25) is 0 Å². The van der Waals surface area contributed by atoms with Gasteiger partial charge in [-0.15, -0.1) is 11.6 Å². The number of aliphatic carboxylic acids is 1. The minimum Gasteiger partial charge on any atom is -0.481 e. The number of halogens is 1. The molecule has 0 unspecified atom stereocenters. The number of nitrogens with zero attached hydrogens (tertiary/aromatic N) is 1. The van der Waals surface area contributed by atoms with Crippen LogP contribution in [0.3, 0.4) is 0 Å². The molecule has 15 heteroatoms. The summed E-state index contributed by atoms with van der Waals surface area (Å²) in [7, 11) is 0. The van der Waals surface area contributed by atoms with Gasteiger partial charge in [0, 0.05) is 19.4 Å². The van der Waals surface area contributed by atoms with Gasteiger partial charge >= 0.3 is 5.97 Å². The van der Waals surface area contributed by atoms with E-state index in [1.54, 1.807) is 6.07 Å². The standard InChI is InChI=1S/C30H37ClN6O8/c31-16-25(39)34-22(15-26(40)41)30(45)37-12-4-3-7-23(37)29(44)36-21(28(43)35-20(27(33)42)10-11-24(32)38)14-17-8-9-18-5-1-2-6-19(18)13-17/h1-2,5-6,8-9,13,20-23H,3-4,7,10-12,14-16H2,(H2,32,38)(H2,33,42)(H,34,39)(H,35,43)(H,36,44)(H,40,41)/t20-,21-,22+,23-/m0/s1. The number of piperidine rings is 1. The van der Waals surface area contributed by atoms with Crippen molar-refractivity contribution in [3.05, 3.63) is 48.0 Å². The number of nitrogens with one attached hydrogen (secondary N) is 3. The predicted octanol–water partition coefficient (Wildman–Crippen LogP) is -0.318. The summed E-state index contributed by atoms with van der Waals surface area (Å²) in [6.45, 7) is 0.113. The fraction of sp³-hybridized carbons (Fsp3) is 0.433. The molecule has 0 saturated carbocycles. The first-order chi connectivity index (χ1) is 21.4. The highest BCUT2D eigenvalue weighted by atomic mass is 35.5. The molecular weight excluding hydrogens is 608 g/mol. The SMILES string of the molecule is NC(=O)CC[C@H](NC(=O)[C@H](Cc1ccc2ccccc2c1)NC(=O)[C@@H]1CCCCN1C(=O)[C@@H](CC(=O)O)NC(=O)CCl)C(N)=O. The Labute approximate surface area is 264 Å². The summed E-state index contributed by atoms with van der Waals surface area (Å²) in [4.78, 5) is 88.6. The number of nitrogens with two attached hydrogens (primary N) is 2. The van der Waals surface area contributed by atoms with E-state index in [-0.39, 0.29) is 32.2 Å². The summed E-state index contributed by atoms with van der Waals surface area (Å²) in [6, 6.07) is 8.04. The highest BCUT2D eigenvalue weighted by Crippen LogP contribution is 2.21. The molecule has 2 aromatic rings. The first-order valence-corrected chi connectivity index (χ1v) is 15.0. The second-order valence-electron chi connectivity index (χ2n) is 10.8. The van der Waals surface area contributed by atoms with Crippen molar-refractivity contribution in [2.45, 2.75) is 69.1 Å². The lowest BCUT2D eigenvalue weighted by molar-refractivity contribution is -0.148. The van der Waals surface area contributed by atoms with Gasteiger partial charge in [-0.3, -0.25) is 33.6 Å². The minimum atomic E-state index is -1.46. The van der Waals surface area contributed by atoms with Gasteiger partial charge in [0.25, 0.3) is 0 Å². The number of fused-ring (bicyclic) bond motifs is 1. The summed E-state index contributed by atoms with van der Waals surface area (Å²) in [5.74, 6) is -6.38. The lowest BCUT2D eigenvalue weighted by Crippen LogP contribution is -2.60. The van der Waals surface area contributed by atoms with E-state index in [9.17, 15) is 38.7 Å². The van der Waals surface area contributed by atoms with Crippen LogP contribution in [0, 0.1) is 0 Å². The molecule has 14 nitrogen and oxygen atoms in total. The zero-order chi connectivity index (χ0) is 33.1. The second kappa shape index (κ2) is 16.4. The topological polar surface area (TPSA) is 231 Å². The van der Waals surface area contributed by atoms with Crippen LogP contribution in [0.5, 0.6) is 0 Å². The molecule has 1 aliphatic rings. The lowest BCUT2D eigenvalue weighted by Gasteiger charge is -2.37. The zero-order valence-electron chi connectivity index (χ0n) is 24.5. The van der Waals surface area contributed by atoms with Crippen molar-refractivity contribution >= 4 is 63.8 Å². The van der Waals surface area contributed by atoms with Gasteiger partial charge in [-0.2, -0.15) is 0 Å². The van der Waals surface area contributed by atoms with E-state index in [1.807, 2.05) is 36.4 Å². The van der Waals surface area contributed by atoms with Crippen LogP contribution in [0.15, 0.2) is 42.5 Å². The monoisotopic (exact) mass is 644 g/mol. The Kier molecular flexibility index (Phi) is 12.7. The molecule has 6 amide bonds. The Hall–Kier alpha value is -4.72. The molecule has 1 fully saturated rings. The Morgan fingerprint density at radius 2 is 1.62 bits per heavy atom. The molecule has 4 atom stereocenters. The molecule has 0 aliphatic carbocycles. The van der Waals surface area contributed by atoms with Crippen molar-refractivity contribution < 1.29 is 38.7 Å². The van der Waals surface area contributed by atoms with Gasteiger partial charge in [-0.05, 0) is 42.0 Å². The van der Waals surface area contributed by atoms with Crippen molar-refractivity contribution in [1.29, 1.82) is 0 Å². The Morgan fingerprint density at radius 1 is 0.911 bits per heavy atom. The number of rotatable bonds is 15. The molecule has 1 aliphatic heterocycles. The summed E-state index contributed by atoms with van der Waals surface area (Å²) in [5, 5.41) is 18.7. The number of alkyl halides is 1. The van der Waals surface area contributed by atoms with Gasteiger partial charge in [-0.1, -0.05) is 42.5 Å². The molecule has 242 valence electrons. The van der Waals surface area contributed by atoms with Crippen LogP contribution in [-0.2, 0) is 40.0 Å². The van der Waals surface area contributed by atoms with Crippen LogP contribution in [0.4, 0.5) is 0 Å². The zero-order valence-corrected chi connectivity index (χ0v) is 25.3. The number of hydrogen-bond donors (Lipinski definition) is 6.